The maximum absolute atomic E-state index is 12.1. The van der Waals surface area contributed by atoms with Crippen LogP contribution in [-0.2, 0) is 4.79 Å². The van der Waals surface area contributed by atoms with Gasteiger partial charge in [0.2, 0.25) is 5.91 Å². The summed E-state index contributed by atoms with van der Waals surface area (Å²) in [6, 6.07) is 0.269. The largest absolute Gasteiger partial charge is 0.337 e. The van der Waals surface area contributed by atoms with Crippen LogP contribution < -0.4 is 5.32 Å². The van der Waals surface area contributed by atoms with Crippen LogP contribution in [0.2, 0.25) is 0 Å². The summed E-state index contributed by atoms with van der Waals surface area (Å²) < 4.78 is 0. The molecule has 0 bridgehead atoms. The summed E-state index contributed by atoms with van der Waals surface area (Å²) in [4.78, 5) is 14.0. The van der Waals surface area contributed by atoms with E-state index in [4.69, 9.17) is 0 Å². The molecule has 0 aliphatic carbocycles. The van der Waals surface area contributed by atoms with E-state index < -0.39 is 0 Å². The standard InChI is InChI=1S/C14H26N2O/c1-4-10-16(12(2)3)14(17)8-7-13-6-5-9-15-11-13/h4,12-13,15H,1,5-11H2,2-3H3. The fourth-order valence-corrected chi connectivity index (χ4v) is 2.38. The van der Waals surface area contributed by atoms with Crippen LogP contribution in [0, 0.1) is 5.92 Å². The Morgan fingerprint density at radius 2 is 2.35 bits per heavy atom. The second kappa shape index (κ2) is 7.49. The second-order valence-electron chi connectivity index (χ2n) is 5.18. The first-order valence-electron chi connectivity index (χ1n) is 6.76. The molecule has 1 unspecified atom stereocenters. The van der Waals surface area contributed by atoms with Crippen molar-refractivity contribution in [2.45, 2.75) is 45.6 Å². The minimum Gasteiger partial charge on any atom is -0.337 e. The smallest absolute Gasteiger partial charge is 0.223 e. The molecule has 1 aliphatic rings. The normalized spacial score (nSPS) is 20.3. The number of nitrogens with one attached hydrogen (secondary N) is 1. The van der Waals surface area contributed by atoms with E-state index >= 15 is 0 Å². The summed E-state index contributed by atoms with van der Waals surface area (Å²) in [5, 5.41) is 3.39. The van der Waals surface area contributed by atoms with Gasteiger partial charge < -0.3 is 10.2 Å². The molecule has 0 aromatic heterocycles. The third-order valence-electron chi connectivity index (χ3n) is 3.43. The molecule has 1 fully saturated rings. The summed E-state index contributed by atoms with van der Waals surface area (Å²) in [5.41, 5.74) is 0. The van der Waals surface area contributed by atoms with Crippen molar-refractivity contribution in [1.29, 1.82) is 0 Å². The first-order chi connectivity index (χ1) is 8.15. The third kappa shape index (κ3) is 4.90. The maximum atomic E-state index is 12.1. The van der Waals surface area contributed by atoms with E-state index in [1.807, 2.05) is 4.90 Å². The lowest BCUT2D eigenvalue weighted by atomic mass is 9.94. The molecule has 1 aliphatic heterocycles. The molecular weight excluding hydrogens is 212 g/mol. The van der Waals surface area contributed by atoms with Crippen LogP contribution in [0.3, 0.4) is 0 Å². The summed E-state index contributed by atoms with van der Waals surface area (Å²) in [6.45, 7) is 10.7. The molecule has 0 spiro atoms. The van der Waals surface area contributed by atoms with Gasteiger partial charge in [0.15, 0.2) is 0 Å². The van der Waals surface area contributed by atoms with Gasteiger partial charge in [-0.25, -0.2) is 0 Å². The number of amides is 1. The first-order valence-corrected chi connectivity index (χ1v) is 6.76. The van der Waals surface area contributed by atoms with Gasteiger partial charge >= 0.3 is 0 Å². The van der Waals surface area contributed by atoms with Crippen molar-refractivity contribution < 1.29 is 4.79 Å². The second-order valence-corrected chi connectivity index (χ2v) is 5.18. The van der Waals surface area contributed by atoms with Crippen LogP contribution in [0.15, 0.2) is 12.7 Å². The van der Waals surface area contributed by atoms with Gasteiger partial charge in [0.1, 0.15) is 0 Å². The zero-order valence-electron chi connectivity index (χ0n) is 11.2. The highest BCUT2D eigenvalue weighted by molar-refractivity contribution is 5.76. The highest BCUT2D eigenvalue weighted by Crippen LogP contribution is 2.17. The Labute approximate surface area is 105 Å². The number of rotatable bonds is 6. The van der Waals surface area contributed by atoms with E-state index in [0.717, 1.165) is 19.5 Å². The van der Waals surface area contributed by atoms with Gasteiger partial charge in [-0.1, -0.05) is 6.08 Å². The Hall–Kier alpha value is -0.830. The molecule has 0 aromatic rings. The van der Waals surface area contributed by atoms with Crippen LogP contribution in [-0.4, -0.2) is 36.5 Å². The highest BCUT2D eigenvalue weighted by atomic mass is 16.2. The Bertz CT molecular complexity index is 245. The van der Waals surface area contributed by atoms with Gasteiger partial charge in [-0.05, 0) is 52.1 Å². The van der Waals surface area contributed by atoms with Crippen LogP contribution in [0.5, 0.6) is 0 Å². The first kappa shape index (κ1) is 14.2. The van der Waals surface area contributed by atoms with E-state index in [1.54, 1.807) is 6.08 Å². The molecule has 3 nitrogen and oxygen atoms in total. The minimum atomic E-state index is 0.269. The molecule has 17 heavy (non-hydrogen) atoms. The summed E-state index contributed by atoms with van der Waals surface area (Å²) >= 11 is 0. The lowest BCUT2D eigenvalue weighted by Crippen LogP contribution is -2.37. The maximum Gasteiger partial charge on any atom is 0.223 e. The van der Waals surface area contributed by atoms with Crippen LogP contribution in [0.1, 0.15) is 39.5 Å². The van der Waals surface area contributed by atoms with E-state index in [2.05, 4.69) is 25.7 Å². The van der Waals surface area contributed by atoms with E-state index in [9.17, 15) is 4.79 Å². The predicted octanol–water partition coefficient (Wildman–Crippen LogP) is 2.19. The van der Waals surface area contributed by atoms with Crippen LogP contribution in [0.25, 0.3) is 0 Å². The summed E-state index contributed by atoms with van der Waals surface area (Å²) in [6.07, 6.45) is 6.02. The molecule has 1 saturated heterocycles. The Kier molecular flexibility index (Phi) is 6.27. The van der Waals surface area contributed by atoms with Crippen molar-refractivity contribution in [2.75, 3.05) is 19.6 Å². The summed E-state index contributed by atoms with van der Waals surface area (Å²) in [5.74, 6) is 0.955. The fourth-order valence-electron chi connectivity index (χ4n) is 2.38. The molecular formula is C14H26N2O. The van der Waals surface area contributed by atoms with Crippen molar-refractivity contribution in [3.05, 3.63) is 12.7 Å². The average molecular weight is 238 g/mol. The zero-order chi connectivity index (χ0) is 12.7. The van der Waals surface area contributed by atoms with Crippen molar-refractivity contribution in [3.63, 3.8) is 0 Å². The summed E-state index contributed by atoms with van der Waals surface area (Å²) in [7, 11) is 0. The minimum absolute atomic E-state index is 0.269. The van der Waals surface area contributed by atoms with Gasteiger partial charge in [-0.3, -0.25) is 4.79 Å². The number of piperidine rings is 1. The zero-order valence-corrected chi connectivity index (χ0v) is 11.2. The molecule has 1 atom stereocenters. The van der Waals surface area contributed by atoms with Crippen LogP contribution >= 0.6 is 0 Å². The molecule has 1 rings (SSSR count). The SMILES string of the molecule is C=CCN(C(=O)CCC1CCCNC1)C(C)C. The fraction of sp³-hybridized carbons (Fsp3) is 0.786. The van der Waals surface area contributed by atoms with Crippen LogP contribution in [0.4, 0.5) is 0 Å². The van der Waals surface area contributed by atoms with E-state index in [0.29, 0.717) is 18.9 Å². The molecule has 0 radical (unpaired) electrons. The van der Waals surface area contributed by atoms with Gasteiger partial charge in [0.05, 0.1) is 0 Å². The number of nitrogens with zero attached hydrogens (tertiary/aromatic N) is 1. The Balaban J connectivity index is 2.32. The van der Waals surface area contributed by atoms with Gasteiger partial charge in [0, 0.05) is 19.0 Å². The molecule has 1 amide bonds. The Morgan fingerprint density at radius 1 is 1.59 bits per heavy atom. The predicted molar refractivity (Wildman–Crippen MR) is 71.9 cm³/mol. The van der Waals surface area contributed by atoms with Gasteiger partial charge in [-0.2, -0.15) is 0 Å². The molecule has 0 saturated carbocycles. The number of hydrogen-bond acceptors (Lipinski definition) is 2. The topological polar surface area (TPSA) is 32.3 Å². The molecule has 98 valence electrons. The quantitative estimate of drug-likeness (QED) is 0.719. The lowest BCUT2D eigenvalue weighted by molar-refractivity contribution is -0.132. The third-order valence-corrected chi connectivity index (χ3v) is 3.43. The lowest BCUT2D eigenvalue weighted by Gasteiger charge is -2.27. The average Bonchev–Trinajstić information content (AvgIpc) is 2.34. The molecule has 1 heterocycles. The highest BCUT2D eigenvalue weighted by Gasteiger charge is 2.18. The monoisotopic (exact) mass is 238 g/mol. The van der Waals surface area contributed by atoms with Crippen molar-refractivity contribution in [3.8, 4) is 0 Å². The van der Waals surface area contributed by atoms with Crippen molar-refractivity contribution in [1.82, 2.24) is 10.2 Å². The number of hydrogen-bond donors (Lipinski definition) is 1. The number of carbonyl (C=O) groups excluding carboxylic acids is 1. The Morgan fingerprint density at radius 3 is 2.88 bits per heavy atom. The molecule has 0 aromatic carbocycles. The molecule has 3 heteroatoms. The van der Waals surface area contributed by atoms with Gasteiger partial charge in [0.25, 0.3) is 0 Å². The molecule has 1 N–H and O–H groups in total. The van der Waals surface area contributed by atoms with Crippen molar-refractivity contribution in [2.24, 2.45) is 5.92 Å². The van der Waals surface area contributed by atoms with E-state index in [-0.39, 0.29) is 11.9 Å². The van der Waals surface area contributed by atoms with E-state index in [1.165, 1.54) is 12.8 Å². The van der Waals surface area contributed by atoms with Crippen molar-refractivity contribution >= 4 is 5.91 Å². The van der Waals surface area contributed by atoms with Gasteiger partial charge in [-0.15, -0.1) is 6.58 Å². The number of carbonyl (C=O) groups is 1.